The van der Waals surface area contributed by atoms with Gasteiger partial charge in [-0.15, -0.1) is 10.2 Å². The minimum Gasteiger partial charge on any atom is -0.465 e. The number of ether oxygens (including phenoxy) is 2. The van der Waals surface area contributed by atoms with Crippen molar-refractivity contribution in [1.29, 1.82) is 0 Å². The Labute approximate surface area is 221 Å². The number of carbonyl (C=O) groups is 1. The predicted octanol–water partition coefficient (Wildman–Crippen LogP) is 4.59. The third-order valence-corrected chi connectivity index (χ3v) is 8.10. The number of aromatic nitrogens is 2. The SMILES string of the molecule is COC(=O)c1ccc(Nc2nnc(-c3ccc(C)c(S(=O)(=O)NC[C@@H]4CCCO4)c3)c3ccccc23)cc1. The highest BCUT2D eigenvalue weighted by molar-refractivity contribution is 7.89. The van der Waals surface area contributed by atoms with Crippen molar-refractivity contribution < 1.29 is 22.7 Å². The molecule has 2 N–H and O–H groups in total. The molecule has 1 aromatic heterocycles. The molecule has 1 fully saturated rings. The molecule has 0 bridgehead atoms. The lowest BCUT2D eigenvalue weighted by Crippen LogP contribution is -2.32. The Morgan fingerprint density at radius 3 is 2.53 bits per heavy atom. The van der Waals surface area contributed by atoms with E-state index in [1.807, 2.05) is 30.3 Å². The van der Waals surface area contributed by atoms with E-state index in [2.05, 4.69) is 20.2 Å². The van der Waals surface area contributed by atoms with Crippen molar-refractivity contribution in [1.82, 2.24) is 14.9 Å². The van der Waals surface area contributed by atoms with Crippen LogP contribution in [0.5, 0.6) is 0 Å². The molecule has 0 saturated carbocycles. The van der Waals surface area contributed by atoms with Crippen LogP contribution in [0.2, 0.25) is 0 Å². The molecule has 4 aromatic rings. The molecule has 0 aliphatic carbocycles. The van der Waals surface area contributed by atoms with Gasteiger partial charge in [0, 0.05) is 35.2 Å². The molecular formula is C28H28N4O5S. The molecule has 3 aromatic carbocycles. The summed E-state index contributed by atoms with van der Waals surface area (Å²) in [5.74, 6) is 0.126. The fourth-order valence-electron chi connectivity index (χ4n) is 4.48. The third kappa shape index (κ3) is 5.38. The molecule has 9 nitrogen and oxygen atoms in total. The number of anilines is 2. The van der Waals surface area contributed by atoms with Crippen molar-refractivity contribution in [3.05, 3.63) is 77.9 Å². The monoisotopic (exact) mass is 532 g/mol. The average molecular weight is 533 g/mol. The standard InChI is InChI=1S/C28H28N4O5S/c1-18-9-10-20(16-25(18)38(34,35)29-17-22-6-5-15-37-22)26-23-7-3-4-8-24(23)27(32-31-26)30-21-13-11-19(12-14-21)28(33)36-2/h3-4,7-14,16,22,29H,5-6,15,17H2,1-2H3,(H,30,32)/t22-/m0/s1. The first kappa shape index (κ1) is 25.8. The zero-order chi connectivity index (χ0) is 26.7. The largest absolute Gasteiger partial charge is 0.465 e. The van der Waals surface area contributed by atoms with Gasteiger partial charge in [0.15, 0.2) is 5.82 Å². The first-order chi connectivity index (χ1) is 18.4. The van der Waals surface area contributed by atoms with Gasteiger partial charge in [-0.2, -0.15) is 0 Å². The summed E-state index contributed by atoms with van der Waals surface area (Å²) in [7, 11) is -2.41. The van der Waals surface area contributed by atoms with Crippen molar-refractivity contribution in [3.8, 4) is 11.3 Å². The van der Waals surface area contributed by atoms with Crippen LogP contribution >= 0.6 is 0 Å². The number of sulfonamides is 1. The number of methoxy groups -OCH3 is 1. The summed E-state index contributed by atoms with van der Waals surface area (Å²) in [4.78, 5) is 11.9. The molecule has 2 heterocycles. The fourth-order valence-corrected chi connectivity index (χ4v) is 5.81. The van der Waals surface area contributed by atoms with Crippen LogP contribution in [0.1, 0.15) is 28.8 Å². The van der Waals surface area contributed by atoms with E-state index in [9.17, 15) is 13.2 Å². The van der Waals surface area contributed by atoms with Crippen LogP contribution < -0.4 is 10.0 Å². The van der Waals surface area contributed by atoms with Crippen molar-refractivity contribution in [2.24, 2.45) is 0 Å². The van der Waals surface area contributed by atoms with E-state index in [0.717, 1.165) is 29.3 Å². The average Bonchev–Trinajstić information content (AvgIpc) is 3.46. The third-order valence-electron chi connectivity index (χ3n) is 6.53. The van der Waals surface area contributed by atoms with Crippen molar-refractivity contribution >= 4 is 38.3 Å². The molecule has 38 heavy (non-hydrogen) atoms. The number of hydrogen-bond donors (Lipinski definition) is 2. The number of hydrogen-bond acceptors (Lipinski definition) is 8. The zero-order valence-electron chi connectivity index (χ0n) is 21.1. The lowest BCUT2D eigenvalue weighted by molar-refractivity contribution is 0.0600. The number of aryl methyl sites for hydroxylation is 1. The van der Waals surface area contributed by atoms with E-state index >= 15 is 0 Å². The van der Waals surface area contributed by atoms with E-state index in [4.69, 9.17) is 9.47 Å². The van der Waals surface area contributed by atoms with E-state index in [1.54, 1.807) is 43.3 Å². The highest BCUT2D eigenvalue weighted by Gasteiger charge is 2.23. The van der Waals surface area contributed by atoms with E-state index in [0.29, 0.717) is 34.8 Å². The Kier molecular flexibility index (Phi) is 7.37. The van der Waals surface area contributed by atoms with Gasteiger partial charge in [0.25, 0.3) is 0 Å². The normalized spacial score (nSPS) is 15.5. The Morgan fingerprint density at radius 2 is 1.82 bits per heavy atom. The lowest BCUT2D eigenvalue weighted by atomic mass is 10.0. The van der Waals surface area contributed by atoms with Gasteiger partial charge >= 0.3 is 5.97 Å². The highest BCUT2D eigenvalue weighted by Crippen LogP contribution is 2.33. The molecule has 1 aliphatic heterocycles. The first-order valence-corrected chi connectivity index (χ1v) is 13.8. The maximum absolute atomic E-state index is 13.2. The lowest BCUT2D eigenvalue weighted by Gasteiger charge is -2.15. The zero-order valence-corrected chi connectivity index (χ0v) is 21.9. The number of esters is 1. The number of rotatable bonds is 8. The summed E-state index contributed by atoms with van der Waals surface area (Å²) < 4.78 is 39.3. The maximum Gasteiger partial charge on any atom is 0.337 e. The molecular weight excluding hydrogens is 504 g/mol. The van der Waals surface area contributed by atoms with Crippen LogP contribution in [0.4, 0.5) is 11.5 Å². The van der Waals surface area contributed by atoms with Crippen LogP contribution in [-0.4, -0.2) is 50.9 Å². The molecule has 0 radical (unpaired) electrons. The second kappa shape index (κ2) is 10.9. The van der Waals surface area contributed by atoms with Crippen LogP contribution in [0.15, 0.2) is 71.6 Å². The molecule has 1 aliphatic rings. The quantitative estimate of drug-likeness (QED) is 0.316. The highest BCUT2D eigenvalue weighted by atomic mass is 32.2. The molecule has 0 amide bonds. The molecule has 196 valence electrons. The van der Waals surface area contributed by atoms with E-state index in [-0.39, 0.29) is 17.5 Å². The summed E-state index contributed by atoms with van der Waals surface area (Å²) in [6, 6.07) is 19.8. The van der Waals surface area contributed by atoms with Crippen LogP contribution in [0.25, 0.3) is 22.0 Å². The van der Waals surface area contributed by atoms with Gasteiger partial charge in [-0.25, -0.2) is 17.9 Å². The van der Waals surface area contributed by atoms with E-state index in [1.165, 1.54) is 7.11 Å². The first-order valence-electron chi connectivity index (χ1n) is 12.3. The smallest absolute Gasteiger partial charge is 0.337 e. The van der Waals surface area contributed by atoms with E-state index < -0.39 is 16.0 Å². The second-order valence-corrected chi connectivity index (χ2v) is 10.8. The minimum atomic E-state index is -3.75. The molecule has 0 spiro atoms. The number of nitrogens with zero attached hydrogens (tertiary/aromatic N) is 2. The van der Waals surface area contributed by atoms with Crippen molar-refractivity contribution in [2.45, 2.75) is 30.8 Å². The maximum atomic E-state index is 13.2. The Bertz CT molecular complexity index is 1580. The summed E-state index contributed by atoms with van der Waals surface area (Å²) in [6.07, 6.45) is 1.69. The minimum absolute atomic E-state index is 0.0974. The van der Waals surface area contributed by atoms with Gasteiger partial charge in [-0.3, -0.25) is 0 Å². The van der Waals surface area contributed by atoms with Gasteiger partial charge in [0.2, 0.25) is 10.0 Å². The topological polar surface area (TPSA) is 120 Å². The molecule has 1 saturated heterocycles. The van der Waals surface area contributed by atoms with Crippen LogP contribution in [-0.2, 0) is 19.5 Å². The summed E-state index contributed by atoms with van der Waals surface area (Å²) in [6.45, 7) is 2.68. The Hall–Kier alpha value is -3.86. The summed E-state index contributed by atoms with van der Waals surface area (Å²) in [5, 5.41) is 13.8. The molecule has 5 rings (SSSR count). The van der Waals surface area contributed by atoms with Crippen LogP contribution in [0, 0.1) is 6.92 Å². The number of benzene rings is 3. The van der Waals surface area contributed by atoms with Crippen LogP contribution in [0.3, 0.4) is 0 Å². The number of nitrogens with one attached hydrogen (secondary N) is 2. The number of fused-ring (bicyclic) bond motifs is 1. The Morgan fingerprint density at radius 1 is 1.05 bits per heavy atom. The summed E-state index contributed by atoms with van der Waals surface area (Å²) in [5.41, 5.74) is 3.03. The fraction of sp³-hybridized carbons (Fsp3) is 0.250. The second-order valence-electron chi connectivity index (χ2n) is 9.10. The summed E-state index contributed by atoms with van der Waals surface area (Å²) >= 11 is 0. The Balaban J connectivity index is 1.46. The molecule has 1 atom stereocenters. The van der Waals surface area contributed by atoms with Gasteiger partial charge < -0.3 is 14.8 Å². The molecule has 0 unspecified atom stereocenters. The van der Waals surface area contributed by atoms with Gasteiger partial charge in [0.05, 0.1) is 23.7 Å². The van der Waals surface area contributed by atoms with Gasteiger partial charge in [0.1, 0.15) is 5.69 Å². The molecule has 10 heteroatoms. The van der Waals surface area contributed by atoms with Crippen molar-refractivity contribution in [3.63, 3.8) is 0 Å². The van der Waals surface area contributed by atoms with Crippen molar-refractivity contribution in [2.75, 3.05) is 25.6 Å². The van der Waals surface area contributed by atoms with Gasteiger partial charge in [-0.1, -0.05) is 36.4 Å². The van der Waals surface area contributed by atoms with Gasteiger partial charge in [-0.05, 0) is 55.7 Å². The predicted molar refractivity (Wildman–Crippen MR) is 145 cm³/mol. The number of carbonyl (C=O) groups excluding carboxylic acids is 1.